The number of piperazine rings is 1. The minimum absolute atomic E-state index is 0.0349. The number of carbonyl (C=O) groups excluding carboxylic acids is 1. The maximum Gasteiger partial charge on any atom is 0.243 e. The third-order valence-corrected chi connectivity index (χ3v) is 6.38. The van der Waals surface area contributed by atoms with E-state index in [-0.39, 0.29) is 10.8 Å². The monoisotopic (exact) mass is 378 g/mol. The predicted molar refractivity (Wildman–Crippen MR) is 95.2 cm³/mol. The first kappa shape index (κ1) is 18.4. The molecule has 1 N–H and O–H groups in total. The summed E-state index contributed by atoms with van der Waals surface area (Å²) in [4.78, 5) is 14.3. The van der Waals surface area contributed by atoms with Crippen LogP contribution >= 0.6 is 0 Å². The number of aryl methyl sites for hydroxylation is 1. The summed E-state index contributed by atoms with van der Waals surface area (Å²) in [6, 6.07) is 6.33. The van der Waals surface area contributed by atoms with Crippen LogP contribution in [-0.2, 0) is 21.2 Å². The summed E-state index contributed by atoms with van der Waals surface area (Å²) in [5, 5.41) is 6.58. The lowest BCUT2D eigenvalue weighted by atomic mass is 10.2. The average molecular weight is 378 g/mol. The SMILES string of the molecule is COc1ccc(S(=O)(=O)N2CCN(C(=O)CCc3cn[nH]c3)CC2)cc1. The molecular weight excluding hydrogens is 356 g/mol. The van der Waals surface area contributed by atoms with Gasteiger partial charge in [-0.1, -0.05) is 0 Å². The van der Waals surface area contributed by atoms with Gasteiger partial charge in [0.05, 0.1) is 18.2 Å². The van der Waals surface area contributed by atoms with Crippen molar-refractivity contribution in [2.75, 3.05) is 33.3 Å². The van der Waals surface area contributed by atoms with Crippen molar-refractivity contribution in [1.82, 2.24) is 19.4 Å². The molecule has 1 amide bonds. The van der Waals surface area contributed by atoms with Gasteiger partial charge in [-0.2, -0.15) is 9.40 Å². The normalized spacial score (nSPS) is 15.8. The molecule has 0 radical (unpaired) electrons. The second-order valence-electron chi connectivity index (χ2n) is 6.07. The van der Waals surface area contributed by atoms with Gasteiger partial charge in [-0.3, -0.25) is 9.89 Å². The Labute approximate surface area is 152 Å². The number of sulfonamides is 1. The Balaban J connectivity index is 1.55. The lowest BCUT2D eigenvalue weighted by Crippen LogP contribution is -2.50. The van der Waals surface area contributed by atoms with E-state index in [9.17, 15) is 13.2 Å². The highest BCUT2D eigenvalue weighted by molar-refractivity contribution is 7.89. The van der Waals surface area contributed by atoms with Crippen molar-refractivity contribution in [1.29, 1.82) is 0 Å². The van der Waals surface area contributed by atoms with Crippen LogP contribution in [0.25, 0.3) is 0 Å². The fourth-order valence-electron chi connectivity index (χ4n) is 2.90. The van der Waals surface area contributed by atoms with Gasteiger partial charge in [-0.05, 0) is 36.2 Å². The van der Waals surface area contributed by atoms with Gasteiger partial charge < -0.3 is 9.64 Å². The zero-order valence-electron chi connectivity index (χ0n) is 14.6. The number of methoxy groups -OCH3 is 1. The summed E-state index contributed by atoms with van der Waals surface area (Å²) in [5.41, 5.74) is 0.985. The van der Waals surface area contributed by atoms with Crippen LogP contribution in [-0.4, -0.2) is 67.0 Å². The predicted octanol–water partition coefficient (Wildman–Crippen LogP) is 0.884. The van der Waals surface area contributed by atoms with Crippen molar-refractivity contribution in [3.05, 3.63) is 42.2 Å². The number of ether oxygens (including phenoxy) is 1. The number of rotatable bonds is 6. The first-order valence-corrected chi connectivity index (χ1v) is 9.84. The molecule has 0 saturated carbocycles. The summed E-state index contributed by atoms with van der Waals surface area (Å²) in [7, 11) is -2.02. The van der Waals surface area contributed by atoms with Crippen LogP contribution in [0.2, 0.25) is 0 Å². The van der Waals surface area contributed by atoms with E-state index in [4.69, 9.17) is 4.74 Å². The van der Waals surface area contributed by atoms with Gasteiger partial charge in [0.2, 0.25) is 15.9 Å². The minimum Gasteiger partial charge on any atom is -0.497 e. The summed E-state index contributed by atoms with van der Waals surface area (Å²) >= 11 is 0. The summed E-state index contributed by atoms with van der Waals surface area (Å²) in [5.74, 6) is 0.643. The first-order chi connectivity index (χ1) is 12.5. The van der Waals surface area contributed by atoms with Crippen LogP contribution in [0.3, 0.4) is 0 Å². The topological polar surface area (TPSA) is 95.6 Å². The molecular formula is C17H22N4O4S. The largest absolute Gasteiger partial charge is 0.497 e. The maximum absolute atomic E-state index is 12.7. The third kappa shape index (κ3) is 4.05. The number of aromatic amines is 1. The number of hydrogen-bond donors (Lipinski definition) is 1. The van der Waals surface area contributed by atoms with E-state index in [1.165, 1.54) is 23.5 Å². The van der Waals surface area contributed by atoms with Gasteiger partial charge in [-0.25, -0.2) is 8.42 Å². The van der Waals surface area contributed by atoms with Crippen molar-refractivity contribution in [2.45, 2.75) is 17.7 Å². The number of nitrogens with zero attached hydrogens (tertiary/aromatic N) is 3. The van der Waals surface area contributed by atoms with Crippen LogP contribution < -0.4 is 4.74 Å². The third-order valence-electron chi connectivity index (χ3n) is 4.47. The zero-order valence-corrected chi connectivity index (χ0v) is 15.4. The number of hydrogen-bond acceptors (Lipinski definition) is 5. The Morgan fingerprint density at radius 2 is 1.88 bits per heavy atom. The molecule has 2 heterocycles. The number of benzene rings is 1. The highest BCUT2D eigenvalue weighted by Crippen LogP contribution is 2.21. The molecule has 0 unspecified atom stereocenters. The molecule has 3 rings (SSSR count). The molecule has 1 aliphatic rings. The lowest BCUT2D eigenvalue weighted by Gasteiger charge is -2.34. The highest BCUT2D eigenvalue weighted by atomic mass is 32.2. The number of nitrogens with one attached hydrogen (secondary N) is 1. The molecule has 1 aliphatic heterocycles. The Hall–Kier alpha value is -2.39. The van der Waals surface area contributed by atoms with Crippen molar-refractivity contribution in [3.8, 4) is 5.75 Å². The smallest absolute Gasteiger partial charge is 0.243 e. The number of aromatic nitrogens is 2. The Morgan fingerprint density at radius 3 is 2.46 bits per heavy atom. The van der Waals surface area contributed by atoms with E-state index in [1.54, 1.807) is 29.4 Å². The molecule has 2 aromatic rings. The van der Waals surface area contributed by atoms with Gasteiger partial charge >= 0.3 is 0 Å². The fraction of sp³-hybridized carbons (Fsp3) is 0.412. The second kappa shape index (κ2) is 7.88. The molecule has 0 aliphatic carbocycles. The van der Waals surface area contributed by atoms with E-state index < -0.39 is 10.0 Å². The quantitative estimate of drug-likeness (QED) is 0.805. The molecule has 0 bridgehead atoms. The van der Waals surface area contributed by atoms with Gasteiger partial charge in [-0.15, -0.1) is 0 Å². The molecule has 1 aromatic heterocycles. The molecule has 26 heavy (non-hydrogen) atoms. The second-order valence-corrected chi connectivity index (χ2v) is 8.00. The van der Waals surface area contributed by atoms with Gasteiger partial charge in [0.25, 0.3) is 0 Å². The molecule has 0 spiro atoms. The lowest BCUT2D eigenvalue weighted by molar-refractivity contribution is -0.132. The Kier molecular flexibility index (Phi) is 5.58. The van der Waals surface area contributed by atoms with Crippen molar-refractivity contribution in [2.24, 2.45) is 0 Å². The zero-order chi connectivity index (χ0) is 18.6. The van der Waals surface area contributed by atoms with E-state index in [1.807, 2.05) is 0 Å². The maximum atomic E-state index is 12.7. The summed E-state index contributed by atoms with van der Waals surface area (Å²) in [6.07, 6.45) is 4.49. The van der Waals surface area contributed by atoms with Gasteiger partial charge in [0.15, 0.2) is 0 Å². The molecule has 1 aromatic carbocycles. The Morgan fingerprint density at radius 1 is 1.19 bits per heavy atom. The Bertz CT molecular complexity index is 826. The number of carbonyl (C=O) groups is 1. The fourth-order valence-corrected chi connectivity index (χ4v) is 4.32. The van der Waals surface area contributed by atoms with Crippen molar-refractivity contribution >= 4 is 15.9 Å². The van der Waals surface area contributed by atoms with Crippen molar-refractivity contribution in [3.63, 3.8) is 0 Å². The van der Waals surface area contributed by atoms with Crippen LogP contribution in [0.4, 0.5) is 0 Å². The van der Waals surface area contributed by atoms with Crippen LogP contribution in [0.1, 0.15) is 12.0 Å². The molecule has 1 saturated heterocycles. The van der Waals surface area contributed by atoms with Gasteiger partial charge in [0, 0.05) is 38.8 Å². The van der Waals surface area contributed by atoms with E-state index in [0.717, 1.165) is 5.56 Å². The molecule has 8 nitrogen and oxygen atoms in total. The highest BCUT2D eigenvalue weighted by Gasteiger charge is 2.29. The molecule has 0 atom stereocenters. The van der Waals surface area contributed by atoms with Crippen LogP contribution in [0.5, 0.6) is 5.75 Å². The standard InChI is InChI=1S/C17H22N4O4S/c1-25-15-3-5-16(6-4-15)26(23,24)21-10-8-20(9-11-21)17(22)7-2-14-12-18-19-13-14/h3-6,12-13H,2,7-11H2,1H3,(H,18,19). The van der Waals surface area contributed by atoms with E-state index in [0.29, 0.717) is 44.8 Å². The summed E-state index contributed by atoms with van der Waals surface area (Å²) < 4.78 is 31.9. The molecule has 140 valence electrons. The van der Waals surface area contributed by atoms with E-state index in [2.05, 4.69) is 10.2 Å². The minimum atomic E-state index is -3.56. The average Bonchev–Trinajstić information content (AvgIpc) is 3.20. The van der Waals surface area contributed by atoms with Crippen LogP contribution in [0, 0.1) is 0 Å². The molecule has 9 heteroatoms. The molecule has 1 fully saturated rings. The van der Waals surface area contributed by atoms with Crippen molar-refractivity contribution < 1.29 is 17.9 Å². The number of H-pyrrole nitrogens is 1. The van der Waals surface area contributed by atoms with E-state index >= 15 is 0 Å². The van der Waals surface area contributed by atoms with Gasteiger partial charge in [0.1, 0.15) is 5.75 Å². The summed E-state index contributed by atoms with van der Waals surface area (Å²) in [6.45, 7) is 1.40. The van der Waals surface area contributed by atoms with Crippen LogP contribution in [0.15, 0.2) is 41.6 Å². The number of amides is 1. The first-order valence-electron chi connectivity index (χ1n) is 8.40.